The fraction of sp³-hybridized carbons (Fsp3) is 0.200. The van der Waals surface area contributed by atoms with Gasteiger partial charge in [0.25, 0.3) is 0 Å². The molecule has 0 bridgehead atoms. The monoisotopic (exact) mass is 477 g/mol. The number of nitrogens with zero attached hydrogens (tertiary/aromatic N) is 1. The van der Waals surface area contributed by atoms with Gasteiger partial charge in [-0.25, -0.2) is 0 Å². The van der Waals surface area contributed by atoms with Crippen molar-refractivity contribution in [2.45, 2.75) is 32.9 Å². The van der Waals surface area contributed by atoms with Gasteiger partial charge < -0.3 is 15.2 Å². The second-order valence-corrected chi connectivity index (χ2v) is 8.36. The van der Waals surface area contributed by atoms with Crippen LogP contribution in [-0.2, 0) is 22.7 Å². The van der Waals surface area contributed by atoms with Crippen LogP contribution in [0.3, 0.4) is 0 Å². The van der Waals surface area contributed by atoms with Crippen molar-refractivity contribution in [1.82, 2.24) is 9.88 Å². The van der Waals surface area contributed by atoms with Gasteiger partial charge in [0.05, 0.1) is 0 Å². The molecule has 0 aliphatic rings. The molecule has 0 atom stereocenters. The smallest absolute Gasteiger partial charge is 0.224 e. The highest BCUT2D eigenvalue weighted by Gasteiger charge is 2.12. The number of amides is 2. The van der Waals surface area contributed by atoms with Crippen molar-refractivity contribution in [2.75, 3.05) is 5.32 Å². The van der Waals surface area contributed by atoms with Crippen LogP contribution < -0.4 is 10.6 Å². The van der Waals surface area contributed by atoms with Gasteiger partial charge in [-0.15, -0.1) is 0 Å². The molecule has 31 heavy (non-hydrogen) atoms. The van der Waals surface area contributed by atoms with Gasteiger partial charge in [-0.2, -0.15) is 0 Å². The third-order valence-electron chi connectivity index (χ3n) is 5.33. The first-order chi connectivity index (χ1) is 15.0. The lowest BCUT2D eigenvalue weighted by Crippen LogP contribution is -2.24. The van der Waals surface area contributed by atoms with Crippen molar-refractivity contribution in [3.05, 3.63) is 76.8 Å². The summed E-state index contributed by atoms with van der Waals surface area (Å²) >= 11 is 3.42. The number of hydrogen-bond donors (Lipinski definition) is 2. The summed E-state index contributed by atoms with van der Waals surface area (Å²) < 4.78 is 3.24. The molecule has 6 heteroatoms. The molecule has 2 N–H and O–H groups in total. The Bertz CT molecular complexity index is 1260. The molecule has 0 aliphatic carbocycles. The molecule has 0 saturated heterocycles. The number of carbonyl (C=O) groups excluding carboxylic acids is 2. The Hall–Kier alpha value is -3.12. The second-order valence-electron chi connectivity index (χ2n) is 7.45. The van der Waals surface area contributed by atoms with E-state index in [1.165, 1.54) is 10.9 Å². The number of aromatic nitrogens is 1. The molecule has 0 aliphatic heterocycles. The molecule has 0 spiro atoms. The van der Waals surface area contributed by atoms with Crippen LogP contribution in [0.15, 0.2) is 71.2 Å². The van der Waals surface area contributed by atoms with Crippen LogP contribution in [0.1, 0.15) is 25.3 Å². The van der Waals surface area contributed by atoms with Gasteiger partial charge in [0.15, 0.2) is 0 Å². The molecule has 0 unspecified atom stereocenters. The SMILES string of the molecule is CCn1c2ccccc2c2cc(NC(=O)CCC(=O)NCc3cccc(Br)c3)ccc21. The molecule has 3 aromatic carbocycles. The average Bonchev–Trinajstić information content (AvgIpc) is 3.09. The molecule has 5 nitrogen and oxygen atoms in total. The fourth-order valence-corrected chi connectivity index (χ4v) is 4.31. The summed E-state index contributed by atoms with van der Waals surface area (Å²) in [5.41, 5.74) is 4.08. The number of para-hydroxylation sites is 1. The van der Waals surface area contributed by atoms with E-state index in [0.29, 0.717) is 6.54 Å². The number of halogens is 1. The normalized spacial score (nSPS) is 11.0. The highest BCUT2D eigenvalue weighted by atomic mass is 79.9. The first kappa shape index (κ1) is 21.1. The number of aryl methyl sites for hydroxylation is 1. The molecule has 158 valence electrons. The number of fused-ring (bicyclic) bond motifs is 3. The summed E-state index contributed by atoms with van der Waals surface area (Å²) in [7, 11) is 0. The van der Waals surface area contributed by atoms with Gasteiger partial charge in [-0.3, -0.25) is 9.59 Å². The number of carbonyl (C=O) groups is 2. The Morgan fingerprint density at radius 1 is 0.871 bits per heavy atom. The molecule has 0 radical (unpaired) electrons. The molecule has 4 rings (SSSR count). The van der Waals surface area contributed by atoms with Gasteiger partial charge in [0, 0.05) is 57.9 Å². The third kappa shape index (κ3) is 4.80. The lowest BCUT2D eigenvalue weighted by Gasteiger charge is -2.08. The van der Waals surface area contributed by atoms with E-state index in [1.54, 1.807) is 0 Å². The van der Waals surface area contributed by atoms with Crippen molar-refractivity contribution in [2.24, 2.45) is 0 Å². The van der Waals surface area contributed by atoms with E-state index in [4.69, 9.17) is 0 Å². The Kier molecular flexibility index (Phi) is 6.37. The maximum absolute atomic E-state index is 12.4. The summed E-state index contributed by atoms with van der Waals surface area (Å²) in [5.74, 6) is -0.312. The van der Waals surface area contributed by atoms with Crippen LogP contribution in [0, 0.1) is 0 Å². The van der Waals surface area contributed by atoms with Crippen LogP contribution in [0.5, 0.6) is 0 Å². The van der Waals surface area contributed by atoms with Crippen LogP contribution >= 0.6 is 15.9 Å². The first-order valence-electron chi connectivity index (χ1n) is 10.4. The molecule has 1 aromatic heterocycles. The van der Waals surface area contributed by atoms with Crippen molar-refractivity contribution >= 4 is 55.2 Å². The molecule has 1 heterocycles. The van der Waals surface area contributed by atoms with E-state index in [-0.39, 0.29) is 24.7 Å². The highest BCUT2D eigenvalue weighted by molar-refractivity contribution is 9.10. The molecule has 0 saturated carbocycles. The minimum atomic E-state index is -0.170. The fourth-order valence-electron chi connectivity index (χ4n) is 3.86. The van der Waals surface area contributed by atoms with E-state index in [0.717, 1.165) is 33.2 Å². The van der Waals surface area contributed by atoms with E-state index >= 15 is 0 Å². The summed E-state index contributed by atoms with van der Waals surface area (Å²) in [6.07, 6.45) is 0.288. The van der Waals surface area contributed by atoms with E-state index in [2.05, 4.69) is 50.2 Å². The second kappa shape index (κ2) is 9.35. The Balaban J connectivity index is 1.37. The zero-order chi connectivity index (χ0) is 21.8. The lowest BCUT2D eigenvalue weighted by atomic mass is 10.1. The standard InChI is InChI=1S/C25H24BrN3O2/c1-2-29-22-9-4-3-8-20(22)21-15-19(10-11-23(21)29)28-25(31)13-12-24(30)27-16-17-6-5-7-18(26)14-17/h3-11,14-15H,2,12-13,16H2,1H3,(H,27,30)(H,28,31). The number of rotatable bonds is 7. The lowest BCUT2D eigenvalue weighted by molar-refractivity contribution is -0.124. The van der Waals surface area contributed by atoms with Crippen LogP contribution in [0.25, 0.3) is 21.8 Å². The molecule has 4 aromatic rings. The van der Waals surface area contributed by atoms with Crippen LogP contribution in [0.4, 0.5) is 5.69 Å². The van der Waals surface area contributed by atoms with Gasteiger partial charge in [-0.05, 0) is 48.9 Å². The summed E-state index contributed by atoms with van der Waals surface area (Å²) in [6.45, 7) is 3.45. The molecule has 0 fully saturated rings. The van der Waals surface area contributed by atoms with Gasteiger partial charge >= 0.3 is 0 Å². The van der Waals surface area contributed by atoms with Gasteiger partial charge in [0.2, 0.25) is 11.8 Å². The van der Waals surface area contributed by atoms with Crippen molar-refractivity contribution in [3.8, 4) is 0 Å². The predicted octanol–water partition coefficient (Wildman–Crippen LogP) is 5.61. The minimum absolute atomic E-state index is 0.138. The average molecular weight is 478 g/mol. The molecular formula is C25H24BrN3O2. The summed E-state index contributed by atoms with van der Waals surface area (Å²) in [5, 5.41) is 8.07. The zero-order valence-electron chi connectivity index (χ0n) is 17.3. The van der Waals surface area contributed by atoms with Gasteiger partial charge in [0.1, 0.15) is 0 Å². The minimum Gasteiger partial charge on any atom is -0.352 e. The largest absolute Gasteiger partial charge is 0.352 e. The quantitative estimate of drug-likeness (QED) is 0.363. The first-order valence-corrected chi connectivity index (χ1v) is 11.2. The number of benzene rings is 3. The highest BCUT2D eigenvalue weighted by Crippen LogP contribution is 2.31. The third-order valence-corrected chi connectivity index (χ3v) is 5.82. The summed E-state index contributed by atoms with van der Waals surface area (Å²) in [6, 6.07) is 22.0. The summed E-state index contributed by atoms with van der Waals surface area (Å²) in [4.78, 5) is 24.5. The Morgan fingerprint density at radius 3 is 2.45 bits per heavy atom. The van der Waals surface area contributed by atoms with E-state index in [9.17, 15) is 9.59 Å². The molecule has 2 amide bonds. The maximum atomic E-state index is 12.4. The Labute approximate surface area is 189 Å². The zero-order valence-corrected chi connectivity index (χ0v) is 18.9. The topological polar surface area (TPSA) is 63.1 Å². The number of nitrogens with one attached hydrogen (secondary N) is 2. The number of hydrogen-bond acceptors (Lipinski definition) is 2. The predicted molar refractivity (Wildman–Crippen MR) is 129 cm³/mol. The Morgan fingerprint density at radius 2 is 1.65 bits per heavy atom. The van der Waals surface area contributed by atoms with E-state index < -0.39 is 0 Å². The van der Waals surface area contributed by atoms with Crippen LogP contribution in [0.2, 0.25) is 0 Å². The number of anilines is 1. The van der Waals surface area contributed by atoms with Crippen molar-refractivity contribution in [1.29, 1.82) is 0 Å². The van der Waals surface area contributed by atoms with Crippen molar-refractivity contribution < 1.29 is 9.59 Å². The maximum Gasteiger partial charge on any atom is 0.224 e. The van der Waals surface area contributed by atoms with Crippen molar-refractivity contribution in [3.63, 3.8) is 0 Å². The van der Waals surface area contributed by atoms with E-state index in [1.807, 2.05) is 54.6 Å². The molecular weight excluding hydrogens is 454 g/mol. The van der Waals surface area contributed by atoms with Gasteiger partial charge in [-0.1, -0.05) is 46.3 Å². The van der Waals surface area contributed by atoms with Crippen LogP contribution in [-0.4, -0.2) is 16.4 Å².